The van der Waals surface area contributed by atoms with Crippen molar-refractivity contribution in [2.24, 2.45) is 0 Å². The zero-order valence-corrected chi connectivity index (χ0v) is 12.3. The van der Waals surface area contributed by atoms with Crippen LogP contribution in [0.1, 0.15) is 18.9 Å². The second-order valence-corrected chi connectivity index (χ2v) is 4.80. The Bertz CT molecular complexity index is 358. The summed E-state index contributed by atoms with van der Waals surface area (Å²) < 4.78 is 5.11. The molecule has 1 aromatic rings. The number of methoxy groups -OCH3 is 1. The molecule has 1 aromatic carbocycles. The first kappa shape index (κ1) is 15.3. The Morgan fingerprint density at radius 2 is 2.17 bits per heavy atom. The van der Waals surface area contributed by atoms with Crippen LogP contribution < -0.4 is 10.2 Å². The molecule has 0 spiro atoms. The predicted octanol–water partition coefficient (Wildman–Crippen LogP) is 2.92. The molecule has 0 unspecified atom stereocenters. The average Bonchev–Trinajstić information content (AvgIpc) is 2.36. The van der Waals surface area contributed by atoms with E-state index < -0.39 is 0 Å². The Labute approximate surface area is 115 Å². The van der Waals surface area contributed by atoms with E-state index in [-0.39, 0.29) is 0 Å². The number of anilines is 1. The van der Waals surface area contributed by atoms with Crippen molar-refractivity contribution in [3.8, 4) is 0 Å². The van der Waals surface area contributed by atoms with E-state index in [4.69, 9.17) is 16.3 Å². The fraction of sp³-hybridized carbons (Fsp3) is 0.571. The van der Waals surface area contributed by atoms with Crippen molar-refractivity contribution >= 4 is 17.3 Å². The second kappa shape index (κ2) is 8.35. The Hall–Kier alpha value is -0.770. The Morgan fingerprint density at radius 3 is 2.83 bits per heavy atom. The molecule has 0 bridgehead atoms. The lowest BCUT2D eigenvalue weighted by molar-refractivity contribution is 0.206. The Kier molecular flexibility index (Phi) is 7.09. The molecule has 0 heterocycles. The summed E-state index contributed by atoms with van der Waals surface area (Å²) in [5.41, 5.74) is 2.44. The van der Waals surface area contributed by atoms with Gasteiger partial charge in [-0.05, 0) is 36.7 Å². The van der Waals surface area contributed by atoms with Crippen molar-refractivity contribution in [3.05, 3.63) is 28.8 Å². The number of rotatable bonds is 8. The fourth-order valence-corrected chi connectivity index (χ4v) is 2.01. The van der Waals surface area contributed by atoms with Gasteiger partial charge in [0, 0.05) is 38.0 Å². The zero-order valence-electron chi connectivity index (χ0n) is 11.5. The summed E-state index contributed by atoms with van der Waals surface area (Å²) in [5.74, 6) is 0. The number of hydrogen-bond acceptors (Lipinski definition) is 3. The maximum absolute atomic E-state index is 6.07. The molecule has 3 nitrogen and oxygen atoms in total. The van der Waals surface area contributed by atoms with E-state index in [1.807, 2.05) is 12.1 Å². The van der Waals surface area contributed by atoms with Crippen LogP contribution in [0, 0.1) is 0 Å². The number of nitrogens with zero attached hydrogens (tertiary/aromatic N) is 1. The lowest BCUT2D eigenvalue weighted by atomic mass is 10.1. The summed E-state index contributed by atoms with van der Waals surface area (Å²) in [7, 11) is 3.80. The molecule has 0 aliphatic carbocycles. The summed E-state index contributed by atoms with van der Waals surface area (Å²) in [5, 5.41) is 4.20. The molecule has 4 heteroatoms. The monoisotopic (exact) mass is 270 g/mol. The van der Waals surface area contributed by atoms with Gasteiger partial charge in [0.05, 0.1) is 6.61 Å². The van der Waals surface area contributed by atoms with Crippen molar-refractivity contribution in [2.75, 3.05) is 38.8 Å². The van der Waals surface area contributed by atoms with Crippen molar-refractivity contribution < 1.29 is 4.74 Å². The van der Waals surface area contributed by atoms with E-state index in [1.54, 1.807) is 7.11 Å². The molecule has 102 valence electrons. The van der Waals surface area contributed by atoms with Crippen molar-refractivity contribution in [1.29, 1.82) is 0 Å². The first-order valence-corrected chi connectivity index (χ1v) is 6.76. The van der Waals surface area contributed by atoms with Gasteiger partial charge in [-0.15, -0.1) is 0 Å². The van der Waals surface area contributed by atoms with Crippen LogP contribution in [0.4, 0.5) is 5.69 Å². The largest absolute Gasteiger partial charge is 0.383 e. The normalized spacial score (nSPS) is 10.7. The van der Waals surface area contributed by atoms with Crippen LogP contribution in [-0.4, -0.2) is 33.9 Å². The third kappa shape index (κ3) is 4.84. The minimum Gasteiger partial charge on any atom is -0.383 e. The minimum absolute atomic E-state index is 0.723. The van der Waals surface area contributed by atoms with Crippen molar-refractivity contribution in [1.82, 2.24) is 5.32 Å². The average molecular weight is 271 g/mol. The molecular weight excluding hydrogens is 248 g/mol. The van der Waals surface area contributed by atoms with Gasteiger partial charge in [0.2, 0.25) is 0 Å². The third-order valence-corrected chi connectivity index (χ3v) is 3.06. The highest BCUT2D eigenvalue weighted by atomic mass is 35.5. The molecular formula is C14H23ClN2O. The molecule has 0 saturated heterocycles. The smallest absolute Gasteiger partial charge is 0.0637 e. The molecule has 18 heavy (non-hydrogen) atoms. The van der Waals surface area contributed by atoms with Crippen LogP contribution in [0.3, 0.4) is 0 Å². The summed E-state index contributed by atoms with van der Waals surface area (Å²) in [4.78, 5) is 2.20. The van der Waals surface area contributed by atoms with Gasteiger partial charge in [-0.1, -0.05) is 18.5 Å². The van der Waals surface area contributed by atoms with Gasteiger partial charge in [0.15, 0.2) is 0 Å². The molecule has 1 rings (SSSR count). The highest BCUT2D eigenvalue weighted by Crippen LogP contribution is 2.23. The summed E-state index contributed by atoms with van der Waals surface area (Å²) in [6.07, 6.45) is 1.13. The first-order valence-electron chi connectivity index (χ1n) is 6.38. The maximum Gasteiger partial charge on any atom is 0.0637 e. The van der Waals surface area contributed by atoms with Crippen molar-refractivity contribution in [3.63, 3.8) is 0 Å². The summed E-state index contributed by atoms with van der Waals surface area (Å²) in [6.45, 7) is 5.63. The molecule has 0 saturated carbocycles. The van der Waals surface area contributed by atoms with Crippen LogP contribution in [0.25, 0.3) is 0 Å². The van der Waals surface area contributed by atoms with Gasteiger partial charge in [-0.2, -0.15) is 0 Å². The number of ether oxygens (including phenoxy) is 1. The molecule has 0 radical (unpaired) electrons. The van der Waals surface area contributed by atoms with Crippen LogP contribution in [-0.2, 0) is 11.3 Å². The van der Waals surface area contributed by atoms with E-state index in [0.717, 1.165) is 37.7 Å². The van der Waals surface area contributed by atoms with Gasteiger partial charge in [0.1, 0.15) is 0 Å². The zero-order chi connectivity index (χ0) is 13.4. The van der Waals surface area contributed by atoms with Gasteiger partial charge in [0.25, 0.3) is 0 Å². The van der Waals surface area contributed by atoms with Gasteiger partial charge in [-0.3, -0.25) is 0 Å². The fourth-order valence-electron chi connectivity index (χ4n) is 1.82. The molecule has 0 aliphatic rings. The Morgan fingerprint density at radius 1 is 1.39 bits per heavy atom. The van der Waals surface area contributed by atoms with Gasteiger partial charge in [-0.25, -0.2) is 0 Å². The number of halogens is 1. The standard InChI is InChI=1S/C14H23ClN2O/c1-4-7-16-11-12-10-13(15)5-6-14(12)17(2)8-9-18-3/h5-6,10,16H,4,7-9,11H2,1-3H3. The van der Waals surface area contributed by atoms with Gasteiger partial charge < -0.3 is 15.0 Å². The molecule has 0 aliphatic heterocycles. The first-order chi connectivity index (χ1) is 8.69. The van der Waals surface area contributed by atoms with Crippen molar-refractivity contribution in [2.45, 2.75) is 19.9 Å². The highest BCUT2D eigenvalue weighted by Gasteiger charge is 2.07. The second-order valence-electron chi connectivity index (χ2n) is 4.36. The third-order valence-electron chi connectivity index (χ3n) is 2.83. The topological polar surface area (TPSA) is 24.5 Å². The van der Waals surface area contributed by atoms with E-state index in [9.17, 15) is 0 Å². The summed E-state index contributed by atoms with van der Waals surface area (Å²) >= 11 is 6.07. The highest BCUT2D eigenvalue weighted by molar-refractivity contribution is 6.30. The van der Waals surface area contributed by atoms with E-state index in [1.165, 1.54) is 11.3 Å². The SMILES string of the molecule is CCCNCc1cc(Cl)ccc1N(C)CCOC. The molecule has 0 fully saturated rings. The van der Waals surface area contributed by atoms with Gasteiger partial charge >= 0.3 is 0 Å². The lowest BCUT2D eigenvalue weighted by Crippen LogP contribution is -2.24. The van der Waals surface area contributed by atoms with Crippen LogP contribution in [0.2, 0.25) is 5.02 Å². The number of hydrogen-bond donors (Lipinski definition) is 1. The number of benzene rings is 1. The lowest BCUT2D eigenvalue weighted by Gasteiger charge is -2.22. The summed E-state index contributed by atoms with van der Waals surface area (Å²) in [6, 6.07) is 6.04. The molecule has 0 aromatic heterocycles. The predicted molar refractivity (Wildman–Crippen MR) is 78.6 cm³/mol. The van der Waals surface area contributed by atoms with E-state index in [0.29, 0.717) is 0 Å². The quantitative estimate of drug-likeness (QED) is 0.735. The molecule has 0 atom stereocenters. The number of likely N-dealkylation sites (N-methyl/N-ethyl adjacent to an activating group) is 1. The molecule has 1 N–H and O–H groups in total. The maximum atomic E-state index is 6.07. The van der Waals surface area contributed by atoms with Crippen LogP contribution in [0.15, 0.2) is 18.2 Å². The number of nitrogens with one attached hydrogen (secondary N) is 1. The molecule has 0 amide bonds. The van der Waals surface area contributed by atoms with Crippen LogP contribution >= 0.6 is 11.6 Å². The minimum atomic E-state index is 0.723. The van der Waals surface area contributed by atoms with E-state index >= 15 is 0 Å². The van der Waals surface area contributed by atoms with Crippen LogP contribution in [0.5, 0.6) is 0 Å². The van der Waals surface area contributed by atoms with E-state index in [2.05, 4.69) is 30.3 Å². The Balaban J connectivity index is 2.74.